The Morgan fingerprint density at radius 3 is 1.07 bits per heavy atom. The van der Waals surface area contributed by atoms with E-state index in [1.54, 1.807) is 6.08 Å². The maximum absolute atomic E-state index is 12.4. The standard InChI is InChI=1S/C50H95NO3/c1-3-5-7-9-11-13-15-17-19-20-21-22-23-24-25-26-27-28-29-30-32-34-36-38-40-42-44-46-50(54)51-48(47-52)49(53)45-43-41-39-37-35-33-31-18-16-14-12-10-8-6-4-2/h24-25,35,37,43,45,48-49,52-53H,3-23,26-34,36,38-42,44,46-47H2,1-2H3,(H,51,54)/b25-24-,37-35+,45-43+. The van der Waals surface area contributed by atoms with Crippen molar-refractivity contribution in [2.24, 2.45) is 0 Å². The Morgan fingerprint density at radius 2 is 0.722 bits per heavy atom. The molecule has 0 aliphatic rings. The lowest BCUT2D eigenvalue weighted by Gasteiger charge is -2.19. The maximum atomic E-state index is 12.4. The van der Waals surface area contributed by atoms with Gasteiger partial charge in [-0.1, -0.05) is 230 Å². The van der Waals surface area contributed by atoms with Crippen molar-refractivity contribution < 1.29 is 15.0 Å². The summed E-state index contributed by atoms with van der Waals surface area (Å²) in [6.07, 6.45) is 61.3. The van der Waals surface area contributed by atoms with E-state index in [-0.39, 0.29) is 12.5 Å². The van der Waals surface area contributed by atoms with Crippen LogP contribution in [0.15, 0.2) is 36.5 Å². The van der Waals surface area contributed by atoms with Gasteiger partial charge in [-0.25, -0.2) is 0 Å². The van der Waals surface area contributed by atoms with Gasteiger partial charge in [0.25, 0.3) is 0 Å². The zero-order valence-corrected chi connectivity index (χ0v) is 36.5. The Labute approximate surface area is 338 Å². The highest BCUT2D eigenvalue weighted by molar-refractivity contribution is 5.76. The fraction of sp³-hybridized carbons (Fsp3) is 0.860. The Balaban J connectivity index is 3.52. The summed E-state index contributed by atoms with van der Waals surface area (Å²) in [4.78, 5) is 12.4. The van der Waals surface area contributed by atoms with Crippen molar-refractivity contribution in [1.82, 2.24) is 5.32 Å². The molecular weight excluding hydrogens is 663 g/mol. The van der Waals surface area contributed by atoms with E-state index in [0.29, 0.717) is 6.42 Å². The van der Waals surface area contributed by atoms with Gasteiger partial charge >= 0.3 is 0 Å². The number of amides is 1. The van der Waals surface area contributed by atoms with E-state index in [9.17, 15) is 15.0 Å². The first-order valence-electron chi connectivity index (χ1n) is 24.2. The quantitative estimate of drug-likeness (QED) is 0.0428. The van der Waals surface area contributed by atoms with Crippen LogP contribution in [0.1, 0.15) is 258 Å². The van der Waals surface area contributed by atoms with Crippen molar-refractivity contribution in [1.29, 1.82) is 0 Å². The number of rotatable bonds is 44. The smallest absolute Gasteiger partial charge is 0.220 e. The molecule has 0 aromatic carbocycles. The summed E-state index contributed by atoms with van der Waals surface area (Å²) in [6.45, 7) is 4.31. The topological polar surface area (TPSA) is 69.6 Å². The Hall–Kier alpha value is -1.39. The third kappa shape index (κ3) is 41.8. The van der Waals surface area contributed by atoms with Crippen LogP contribution in [0.5, 0.6) is 0 Å². The molecule has 0 heterocycles. The average Bonchev–Trinajstić information content (AvgIpc) is 3.18. The molecule has 0 aliphatic heterocycles. The summed E-state index contributed by atoms with van der Waals surface area (Å²) in [6, 6.07) is -0.638. The van der Waals surface area contributed by atoms with Crippen LogP contribution in [-0.2, 0) is 4.79 Å². The third-order valence-electron chi connectivity index (χ3n) is 11.1. The molecule has 0 fully saturated rings. The molecule has 54 heavy (non-hydrogen) atoms. The minimum absolute atomic E-state index is 0.0731. The van der Waals surface area contributed by atoms with E-state index >= 15 is 0 Å². The first-order chi connectivity index (χ1) is 26.7. The van der Waals surface area contributed by atoms with Crippen molar-refractivity contribution >= 4 is 5.91 Å². The lowest BCUT2D eigenvalue weighted by molar-refractivity contribution is -0.123. The van der Waals surface area contributed by atoms with Gasteiger partial charge in [0.1, 0.15) is 0 Å². The van der Waals surface area contributed by atoms with E-state index in [0.717, 1.165) is 32.1 Å². The number of aliphatic hydroxyl groups is 2. The molecular formula is C50H95NO3. The maximum Gasteiger partial charge on any atom is 0.220 e. The van der Waals surface area contributed by atoms with Crippen LogP contribution >= 0.6 is 0 Å². The van der Waals surface area contributed by atoms with Crippen molar-refractivity contribution in [3.8, 4) is 0 Å². The molecule has 0 spiro atoms. The zero-order chi connectivity index (χ0) is 39.3. The van der Waals surface area contributed by atoms with Crippen molar-refractivity contribution in [2.45, 2.75) is 270 Å². The molecule has 0 saturated carbocycles. The fourth-order valence-corrected chi connectivity index (χ4v) is 7.37. The number of hydrogen-bond donors (Lipinski definition) is 3. The molecule has 3 N–H and O–H groups in total. The van der Waals surface area contributed by atoms with E-state index in [1.807, 2.05) is 6.08 Å². The summed E-state index contributed by atoms with van der Waals surface area (Å²) < 4.78 is 0. The molecule has 318 valence electrons. The van der Waals surface area contributed by atoms with Crippen molar-refractivity contribution in [2.75, 3.05) is 6.61 Å². The second-order valence-corrected chi connectivity index (χ2v) is 16.5. The molecule has 0 radical (unpaired) electrons. The molecule has 4 heteroatoms. The molecule has 2 atom stereocenters. The number of carbonyl (C=O) groups is 1. The normalized spacial score (nSPS) is 13.2. The predicted octanol–water partition coefficient (Wildman–Crippen LogP) is 15.4. The summed E-state index contributed by atoms with van der Waals surface area (Å²) in [5.41, 5.74) is 0. The molecule has 0 bridgehead atoms. The fourth-order valence-electron chi connectivity index (χ4n) is 7.37. The zero-order valence-electron chi connectivity index (χ0n) is 36.5. The lowest BCUT2D eigenvalue weighted by atomic mass is 10.0. The number of unbranched alkanes of at least 4 members (excludes halogenated alkanes) is 33. The van der Waals surface area contributed by atoms with E-state index < -0.39 is 12.1 Å². The molecule has 0 aromatic rings. The summed E-state index contributed by atoms with van der Waals surface area (Å²) in [5, 5.41) is 23.0. The second-order valence-electron chi connectivity index (χ2n) is 16.5. The largest absolute Gasteiger partial charge is 0.394 e. The minimum Gasteiger partial charge on any atom is -0.394 e. The van der Waals surface area contributed by atoms with Gasteiger partial charge in [-0.2, -0.15) is 0 Å². The molecule has 0 aliphatic carbocycles. The van der Waals surface area contributed by atoms with Gasteiger partial charge in [0.2, 0.25) is 5.91 Å². The van der Waals surface area contributed by atoms with Crippen LogP contribution in [0.25, 0.3) is 0 Å². The Morgan fingerprint density at radius 1 is 0.426 bits per heavy atom. The highest BCUT2D eigenvalue weighted by Crippen LogP contribution is 2.15. The first-order valence-corrected chi connectivity index (χ1v) is 24.2. The van der Waals surface area contributed by atoms with E-state index in [1.165, 1.54) is 205 Å². The summed E-state index contributed by atoms with van der Waals surface area (Å²) >= 11 is 0. The summed E-state index contributed by atoms with van der Waals surface area (Å²) in [5.74, 6) is -0.0731. The molecule has 1 amide bonds. The number of nitrogens with one attached hydrogen (secondary N) is 1. The molecule has 0 aromatic heterocycles. The van der Waals surface area contributed by atoms with E-state index in [2.05, 4.69) is 43.5 Å². The number of aliphatic hydroxyl groups excluding tert-OH is 2. The first kappa shape index (κ1) is 52.6. The number of carbonyl (C=O) groups excluding carboxylic acids is 1. The third-order valence-corrected chi connectivity index (χ3v) is 11.1. The van der Waals surface area contributed by atoms with Crippen LogP contribution < -0.4 is 5.32 Å². The van der Waals surface area contributed by atoms with Crippen LogP contribution in [0.2, 0.25) is 0 Å². The average molecular weight is 758 g/mol. The van der Waals surface area contributed by atoms with Crippen LogP contribution in [0, 0.1) is 0 Å². The Bertz CT molecular complexity index is 821. The highest BCUT2D eigenvalue weighted by Gasteiger charge is 2.17. The minimum atomic E-state index is -0.861. The van der Waals surface area contributed by atoms with Crippen LogP contribution in [0.4, 0.5) is 0 Å². The summed E-state index contributed by atoms with van der Waals surface area (Å²) in [7, 11) is 0. The molecule has 0 rings (SSSR count). The number of allylic oxidation sites excluding steroid dienone is 5. The Kier molecular flexibility index (Phi) is 44.8. The van der Waals surface area contributed by atoms with Gasteiger partial charge in [-0.3, -0.25) is 4.79 Å². The molecule has 2 unspecified atom stereocenters. The van der Waals surface area contributed by atoms with Gasteiger partial charge < -0.3 is 15.5 Å². The van der Waals surface area contributed by atoms with Gasteiger partial charge in [0, 0.05) is 6.42 Å². The predicted molar refractivity (Wildman–Crippen MR) is 239 cm³/mol. The SMILES string of the molecule is CCCCCCCCCCC/C=C/CC/C=C/C(O)C(CO)NC(=O)CCCCCCCCCCCCC/C=C\CCCCCCCCCCCCCC. The lowest BCUT2D eigenvalue weighted by Crippen LogP contribution is -2.45. The highest BCUT2D eigenvalue weighted by atomic mass is 16.3. The van der Waals surface area contributed by atoms with Crippen LogP contribution in [0.3, 0.4) is 0 Å². The van der Waals surface area contributed by atoms with Gasteiger partial charge in [-0.15, -0.1) is 0 Å². The second kappa shape index (κ2) is 46.0. The molecule has 0 saturated heterocycles. The van der Waals surface area contributed by atoms with Gasteiger partial charge in [-0.05, 0) is 57.8 Å². The monoisotopic (exact) mass is 758 g/mol. The number of hydrogen-bond acceptors (Lipinski definition) is 3. The van der Waals surface area contributed by atoms with Crippen molar-refractivity contribution in [3.05, 3.63) is 36.5 Å². The van der Waals surface area contributed by atoms with Gasteiger partial charge in [0.05, 0.1) is 18.8 Å². The van der Waals surface area contributed by atoms with Gasteiger partial charge in [0.15, 0.2) is 0 Å². The van der Waals surface area contributed by atoms with E-state index in [4.69, 9.17) is 0 Å². The van der Waals surface area contributed by atoms with Crippen LogP contribution in [-0.4, -0.2) is 34.9 Å². The van der Waals surface area contributed by atoms with Crippen molar-refractivity contribution in [3.63, 3.8) is 0 Å². The molecule has 4 nitrogen and oxygen atoms in total.